The lowest BCUT2D eigenvalue weighted by atomic mass is 10.2. The van der Waals surface area contributed by atoms with Gasteiger partial charge in [-0.3, -0.25) is 0 Å². The van der Waals surface area contributed by atoms with Crippen molar-refractivity contribution in [2.45, 2.75) is 36.8 Å². The second kappa shape index (κ2) is 7.64. The predicted molar refractivity (Wildman–Crippen MR) is 102 cm³/mol. The van der Waals surface area contributed by atoms with Crippen LogP contribution in [0.15, 0.2) is 60.7 Å². The molecule has 0 amide bonds. The molecular weight excluding hydrogens is 409 g/mol. The monoisotopic (exact) mass is 430 g/mol. The highest BCUT2D eigenvalue weighted by molar-refractivity contribution is 9.09. The highest BCUT2D eigenvalue weighted by Gasteiger charge is 2.51. The first-order valence-electron chi connectivity index (χ1n) is 8.05. The SMILES string of the molecule is CC(C)(C)[Si](OCC(Br)C(F)(F)F)(c1ccccc1)c1ccccc1. The van der Waals surface area contributed by atoms with Crippen molar-refractivity contribution in [3.63, 3.8) is 0 Å². The van der Waals surface area contributed by atoms with Crippen molar-refractivity contribution in [2.75, 3.05) is 6.61 Å². The van der Waals surface area contributed by atoms with Gasteiger partial charge in [0, 0.05) is 0 Å². The zero-order valence-corrected chi connectivity index (χ0v) is 17.1. The molecule has 1 atom stereocenters. The quantitative estimate of drug-likeness (QED) is 0.484. The van der Waals surface area contributed by atoms with E-state index < -0.39 is 25.9 Å². The molecular formula is C19H22BrF3OSi. The van der Waals surface area contributed by atoms with E-state index in [1.165, 1.54) is 0 Å². The fraction of sp³-hybridized carbons (Fsp3) is 0.368. The summed E-state index contributed by atoms with van der Waals surface area (Å²) in [6.07, 6.45) is -4.34. The van der Waals surface area contributed by atoms with Crippen molar-refractivity contribution >= 4 is 34.6 Å². The molecule has 0 aliphatic rings. The molecule has 6 heteroatoms. The van der Waals surface area contributed by atoms with E-state index in [4.69, 9.17) is 4.43 Å². The summed E-state index contributed by atoms with van der Waals surface area (Å²) < 4.78 is 45.3. The van der Waals surface area contributed by atoms with Crippen LogP contribution < -0.4 is 10.4 Å². The van der Waals surface area contributed by atoms with E-state index in [-0.39, 0.29) is 5.04 Å². The van der Waals surface area contributed by atoms with Crippen LogP contribution in [0.3, 0.4) is 0 Å². The third-order valence-corrected chi connectivity index (χ3v) is 10.0. The molecule has 2 aromatic carbocycles. The standard InChI is InChI=1S/C19H22BrF3OSi/c1-18(2,3)25(15-10-6-4-7-11-15,16-12-8-5-9-13-16)24-14-17(20)19(21,22)23/h4-13,17H,14H2,1-3H3. The highest BCUT2D eigenvalue weighted by Crippen LogP contribution is 2.38. The molecule has 1 unspecified atom stereocenters. The summed E-state index contributed by atoms with van der Waals surface area (Å²) in [4.78, 5) is -1.69. The Kier molecular flexibility index (Phi) is 6.17. The van der Waals surface area contributed by atoms with Crippen LogP contribution in [0, 0.1) is 0 Å². The number of halogens is 4. The summed E-state index contributed by atoms with van der Waals surface area (Å²) in [5, 5.41) is 1.60. The zero-order valence-electron chi connectivity index (χ0n) is 14.5. The van der Waals surface area contributed by atoms with Gasteiger partial charge in [0.25, 0.3) is 8.32 Å². The minimum absolute atomic E-state index is 0.339. The summed E-state index contributed by atoms with van der Waals surface area (Å²) in [6.45, 7) is 5.69. The summed E-state index contributed by atoms with van der Waals surface area (Å²) in [5.74, 6) is 0. The van der Waals surface area contributed by atoms with Gasteiger partial charge >= 0.3 is 6.18 Å². The van der Waals surface area contributed by atoms with Crippen molar-refractivity contribution in [3.8, 4) is 0 Å². The molecule has 0 aromatic heterocycles. The molecule has 136 valence electrons. The van der Waals surface area contributed by atoms with E-state index in [1.807, 2.05) is 81.4 Å². The summed E-state index contributed by atoms with van der Waals surface area (Å²) in [7, 11) is -2.92. The summed E-state index contributed by atoms with van der Waals surface area (Å²) in [5.41, 5.74) is 0. The minimum atomic E-state index is -4.34. The normalized spacial score (nSPS) is 14.4. The smallest absolute Gasteiger partial charge is 0.403 e. The average Bonchev–Trinajstić information content (AvgIpc) is 2.55. The van der Waals surface area contributed by atoms with Crippen LogP contribution in [0.5, 0.6) is 0 Å². The predicted octanol–water partition coefficient (Wildman–Crippen LogP) is 4.89. The van der Waals surface area contributed by atoms with E-state index in [9.17, 15) is 13.2 Å². The summed E-state index contributed by atoms with van der Waals surface area (Å²) >= 11 is 2.74. The van der Waals surface area contributed by atoms with Crippen LogP contribution in [0.25, 0.3) is 0 Å². The molecule has 0 aliphatic carbocycles. The lowest BCUT2D eigenvalue weighted by Gasteiger charge is -2.43. The van der Waals surface area contributed by atoms with Crippen molar-refractivity contribution in [2.24, 2.45) is 0 Å². The third-order valence-electron chi connectivity index (χ3n) is 4.22. The fourth-order valence-corrected chi connectivity index (χ4v) is 8.00. The fourth-order valence-electron chi connectivity index (χ4n) is 3.05. The van der Waals surface area contributed by atoms with Gasteiger partial charge in [0.2, 0.25) is 0 Å². The number of hydrogen-bond acceptors (Lipinski definition) is 1. The van der Waals surface area contributed by atoms with E-state index in [0.29, 0.717) is 0 Å². The largest absolute Gasteiger partial charge is 0.406 e. The maximum atomic E-state index is 13.0. The molecule has 0 saturated carbocycles. The van der Waals surface area contributed by atoms with Crippen LogP contribution in [0.1, 0.15) is 20.8 Å². The van der Waals surface area contributed by atoms with Crippen molar-refractivity contribution in [3.05, 3.63) is 60.7 Å². The second-order valence-corrected chi connectivity index (χ2v) is 12.4. The molecule has 0 heterocycles. The molecule has 0 radical (unpaired) electrons. The number of benzene rings is 2. The van der Waals surface area contributed by atoms with Crippen LogP contribution >= 0.6 is 15.9 Å². The highest BCUT2D eigenvalue weighted by atomic mass is 79.9. The molecule has 0 N–H and O–H groups in total. The molecule has 0 fully saturated rings. The molecule has 2 aromatic rings. The Morgan fingerprint density at radius 1 is 0.880 bits per heavy atom. The molecule has 0 bridgehead atoms. The van der Waals surface area contributed by atoms with Gasteiger partial charge in [-0.05, 0) is 15.4 Å². The number of hydrogen-bond donors (Lipinski definition) is 0. The first-order valence-corrected chi connectivity index (χ1v) is 10.9. The lowest BCUT2D eigenvalue weighted by Crippen LogP contribution is -2.67. The Labute approximate surface area is 156 Å². The van der Waals surface area contributed by atoms with Crippen LogP contribution in [0.2, 0.25) is 5.04 Å². The van der Waals surface area contributed by atoms with Crippen molar-refractivity contribution in [1.82, 2.24) is 0 Å². The molecule has 0 aliphatic heterocycles. The molecule has 0 spiro atoms. The summed E-state index contributed by atoms with van der Waals surface area (Å²) in [6, 6.07) is 19.3. The Hall–Kier alpha value is -1.11. The van der Waals surface area contributed by atoms with E-state index in [2.05, 4.69) is 15.9 Å². The number of rotatable bonds is 5. The maximum Gasteiger partial charge on any atom is 0.403 e. The van der Waals surface area contributed by atoms with Gasteiger partial charge in [0.05, 0.1) is 6.61 Å². The Balaban J connectivity index is 2.57. The van der Waals surface area contributed by atoms with Gasteiger partial charge in [-0.1, -0.05) is 97.4 Å². The minimum Gasteiger partial charge on any atom is -0.406 e. The van der Waals surface area contributed by atoms with Gasteiger partial charge in [0.15, 0.2) is 0 Å². The van der Waals surface area contributed by atoms with Crippen LogP contribution in [-0.2, 0) is 4.43 Å². The van der Waals surface area contributed by atoms with E-state index >= 15 is 0 Å². The van der Waals surface area contributed by atoms with Gasteiger partial charge in [-0.15, -0.1) is 0 Å². The van der Waals surface area contributed by atoms with Gasteiger partial charge < -0.3 is 4.43 Å². The Bertz CT molecular complexity index is 629. The van der Waals surface area contributed by atoms with Gasteiger partial charge in [0.1, 0.15) is 4.83 Å². The first kappa shape index (κ1) is 20.2. The Morgan fingerprint density at radius 3 is 1.60 bits per heavy atom. The Morgan fingerprint density at radius 2 is 1.28 bits per heavy atom. The number of alkyl halides is 4. The van der Waals surface area contributed by atoms with E-state index in [1.54, 1.807) is 0 Å². The maximum absolute atomic E-state index is 13.0. The first-order chi connectivity index (χ1) is 11.6. The molecule has 0 saturated heterocycles. The van der Waals surface area contributed by atoms with Crippen LogP contribution in [-0.4, -0.2) is 25.9 Å². The van der Waals surface area contributed by atoms with Crippen LogP contribution in [0.4, 0.5) is 13.2 Å². The molecule has 1 nitrogen and oxygen atoms in total. The van der Waals surface area contributed by atoms with E-state index in [0.717, 1.165) is 10.4 Å². The van der Waals surface area contributed by atoms with Crippen molar-refractivity contribution in [1.29, 1.82) is 0 Å². The van der Waals surface area contributed by atoms with Crippen molar-refractivity contribution < 1.29 is 17.6 Å². The lowest BCUT2D eigenvalue weighted by molar-refractivity contribution is -0.132. The average molecular weight is 431 g/mol. The zero-order chi connectivity index (χ0) is 18.7. The molecule has 25 heavy (non-hydrogen) atoms. The van der Waals surface area contributed by atoms with Gasteiger partial charge in [-0.2, -0.15) is 13.2 Å². The third kappa shape index (κ3) is 4.35. The molecule has 2 rings (SSSR count). The van der Waals surface area contributed by atoms with Gasteiger partial charge in [-0.25, -0.2) is 0 Å². The topological polar surface area (TPSA) is 9.23 Å². The second-order valence-electron chi connectivity index (χ2n) is 6.98.